The van der Waals surface area contributed by atoms with Gasteiger partial charge in [0, 0.05) is 25.0 Å². The number of aromatic nitrogens is 2. The van der Waals surface area contributed by atoms with E-state index < -0.39 is 0 Å². The summed E-state index contributed by atoms with van der Waals surface area (Å²) in [5.41, 5.74) is 7.04. The van der Waals surface area contributed by atoms with E-state index in [1.165, 1.54) is 5.56 Å². The average molecular weight is 271 g/mol. The first-order valence-electron chi connectivity index (χ1n) is 6.75. The standard InChI is InChI=1S/C15H21N5/c1-12(2)19-15(16)18-10-14-17-8-9-20(14)11-13-6-4-3-5-7-13/h3-9,12H,10-11H2,1-2H3,(H3,16,18,19). The van der Waals surface area contributed by atoms with Crippen molar-refractivity contribution in [3.05, 3.63) is 54.1 Å². The summed E-state index contributed by atoms with van der Waals surface area (Å²) in [5, 5.41) is 3.07. The first-order valence-corrected chi connectivity index (χ1v) is 6.75. The Balaban J connectivity index is 2.02. The Hall–Kier alpha value is -2.30. The highest BCUT2D eigenvalue weighted by atomic mass is 15.1. The number of hydrogen-bond donors (Lipinski definition) is 2. The van der Waals surface area contributed by atoms with Crippen LogP contribution in [0.2, 0.25) is 0 Å². The smallest absolute Gasteiger partial charge is 0.189 e. The Morgan fingerprint density at radius 3 is 2.80 bits per heavy atom. The van der Waals surface area contributed by atoms with Gasteiger partial charge in [-0.25, -0.2) is 9.98 Å². The van der Waals surface area contributed by atoms with E-state index in [9.17, 15) is 0 Å². The Kier molecular flexibility index (Phi) is 4.76. The molecule has 0 fully saturated rings. The topological polar surface area (TPSA) is 68.2 Å². The molecule has 0 aliphatic heterocycles. The van der Waals surface area contributed by atoms with Crippen LogP contribution in [0.25, 0.3) is 0 Å². The van der Waals surface area contributed by atoms with Crippen LogP contribution in [-0.2, 0) is 13.1 Å². The van der Waals surface area contributed by atoms with Gasteiger partial charge in [-0.1, -0.05) is 30.3 Å². The molecule has 1 aromatic carbocycles. The first kappa shape index (κ1) is 14.1. The second-order valence-electron chi connectivity index (χ2n) is 4.96. The second kappa shape index (κ2) is 6.75. The van der Waals surface area contributed by atoms with Gasteiger partial charge in [0.05, 0.1) is 0 Å². The van der Waals surface area contributed by atoms with Crippen molar-refractivity contribution in [2.75, 3.05) is 0 Å². The lowest BCUT2D eigenvalue weighted by Gasteiger charge is -2.09. The number of rotatable bonds is 5. The number of guanidine groups is 1. The zero-order valence-electron chi connectivity index (χ0n) is 12.0. The van der Waals surface area contributed by atoms with Crippen molar-refractivity contribution in [1.29, 1.82) is 0 Å². The molecule has 3 N–H and O–H groups in total. The molecule has 0 aliphatic carbocycles. The van der Waals surface area contributed by atoms with Crippen LogP contribution in [0, 0.1) is 0 Å². The van der Waals surface area contributed by atoms with Gasteiger partial charge in [-0.3, -0.25) is 0 Å². The molecule has 0 unspecified atom stereocenters. The van der Waals surface area contributed by atoms with E-state index in [0.717, 1.165) is 12.4 Å². The van der Waals surface area contributed by atoms with Crippen LogP contribution in [0.5, 0.6) is 0 Å². The minimum absolute atomic E-state index is 0.280. The first-order chi connectivity index (χ1) is 9.65. The van der Waals surface area contributed by atoms with Gasteiger partial charge in [0.15, 0.2) is 5.96 Å². The van der Waals surface area contributed by atoms with Crippen molar-refractivity contribution in [1.82, 2.24) is 14.9 Å². The van der Waals surface area contributed by atoms with Crippen molar-refractivity contribution in [2.24, 2.45) is 10.7 Å². The molecule has 0 saturated heterocycles. The van der Waals surface area contributed by atoms with E-state index in [2.05, 4.69) is 32.0 Å². The third-order valence-corrected chi connectivity index (χ3v) is 2.82. The van der Waals surface area contributed by atoms with Crippen LogP contribution in [0.3, 0.4) is 0 Å². The fourth-order valence-electron chi connectivity index (χ4n) is 1.91. The molecule has 0 aliphatic rings. The van der Waals surface area contributed by atoms with Crippen LogP contribution in [0.4, 0.5) is 0 Å². The Bertz CT molecular complexity index is 557. The third-order valence-electron chi connectivity index (χ3n) is 2.82. The molecule has 1 heterocycles. The molecule has 0 radical (unpaired) electrons. The summed E-state index contributed by atoms with van der Waals surface area (Å²) >= 11 is 0. The molecule has 0 saturated carbocycles. The van der Waals surface area contributed by atoms with E-state index in [-0.39, 0.29) is 6.04 Å². The monoisotopic (exact) mass is 271 g/mol. The van der Waals surface area contributed by atoms with Crippen LogP contribution in [0.1, 0.15) is 25.2 Å². The fourth-order valence-corrected chi connectivity index (χ4v) is 1.91. The maximum atomic E-state index is 5.80. The molecular weight excluding hydrogens is 250 g/mol. The molecule has 5 heteroatoms. The summed E-state index contributed by atoms with van der Waals surface area (Å²) < 4.78 is 2.08. The van der Waals surface area contributed by atoms with Gasteiger partial charge in [0.25, 0.3) is 0 Å². The van der Waals surface area contributed by atoms with E-state index in [1.54, 1.807) is 6.20 Å². The molecule has 0 bridgehead atoms. The molecule has 0 amide bonds. The molecule has 2 aromatic rings. The maximum absolute atomic E-state index is 5.80. The predicted octanol–water partition coefficient (Wildman–Crippen LogP) is 1.74. The third kappa shape index (κ3) is 4.12. The summed E-state index contributed by atoms with van der Waals surface area (Å²) in [6.07, 6.45) is 3.75. The van der Waals surface area contributed by atoms with Gasteiger partial charge < -0.3 is 15.6 Å². The summed E-state index contributed by atoms with van der Waals surface area (Å²) in [5.74, 6) is 1.36. The lowest BCUT2D eigenvalue weighted by molar-refractivity contribution is 0.704. The van der Waals surface area contributed by atoms with Crippen molar-refractivity contribution >= 4 is 5.96 Å². The van der Waals surface area contributed by atoms with E-state index in [0.29, 0.717) is 12.5 Å². The molecule has 2 rings (SSSR count). The van der Waals surface area contributed by atoms with E-state index in [1.807, 2.05) is 38.2 Å². The van der Waals surface area contributed by atoms with Gasteiger partial charge >= 0.3 is 0 Å². The normalized spacial score (nSPS) is 11.8. The summed E-state index contributed by atoms with van der Waals surface area (Å²) in [7, 11) is 0. The lowest BCUT2D eigenvalue weighted by atomic mass is 10.2. The van der Waals surface area contributed by atoms with Gasteiger partial charge in [-0.2, -0.15) is 0 Å². The SMILES string of the molecule is CC(C)NC(N)=NCc1nccn1Cc1ccccc1. The minimum atomic E-state index is 0.280. The number of nitrogens with two attached hydrogens (primary N) is 1. The summed E-state index contributed by atoms with van der Waals surface area (Å²) in [6, 6.07) is 10.6. The number of nitrogens with zero attached hydrogens (tertiary/aromatic N) is 3. The van der Waals surface area contributed by atoms with Gasteiger partial charge in [0.1, 0.15) is 12.4 Å². The molecule has 5 nitrogen and oxygen atoms in total. The van der Waals surface area contributed by atoms with Crippen LogP contribution in [-0.4, -0.2) is 21.6 Å². The zero-order chi connectivity index (χ0) is 14.4. The maximum Gasteiger partial charge on any atom is 0.189 e. The summed E-state index contributed by atoms with van der Waals surface area (Å²) in [4.78, 5) is 8.65. The highest BCUT2D eigenvalue weighted by Crippen LogP contribution is 2.06. The van der Waals surface area contributed by atoms with Crippen molar-refractivity contribution < 1.29 is 0 Å². The molecule has 1 aromatic heterocycles. The van der Waals surface area contributed by atoms with Crippen molar-refractivity contribution in [3.8, 4) is 0 Å². The Morgan fingerprint density at radius 2 is 2.10 bits per heavy atom. The van der Waals surface area contributed by atoms with Crippen LogP contribution in [0.15, 0.2) is 47.7 Å². The highest BCUT2D eigenvalue weighted by Gasteiger charge is 2.03. The van der Waals surface area contributed by atoms with Crippen molar-refractivity contribution in [3.63, 3.8) is 0 Å². The average Bonchev–Trinajstić information content (AvgIpc) is 2.84. The minimum Gasteiger partial charge on any atom is -0.370 e. The Morgan fingerprint density at radius 1 is 1.35 bits per heavy atom. The molecule has 0 atom stereocenters. The van der Waals surface area contributed by atoms with Gasteiger partial charge in [-0.05, 0) is 19.4 Å². The summed E-state index contributed by atoms with van der Waals surface area (Å²) in [6.45, 7) is 5.33. The lowest BCUT2D eigenvalue weighted by Crippen LogP contribution is -2.36. The number of aliphatic imine (C=N–C) groups is 1. The highest BCUT2D eigenvalue weighted by molar-refractivity contribution is 5.77. The molecule has 0 spiro atoms. The van der Waals surface area contributed by atoms with Gasteiger partial charge in [-0.15, -0.1) is 0 Å². The van der Waals surface area contributed by atoms with Gasteiger partial charge in [0.2, 0.25) is 0 Å². The second-order valence-corrected chi connectivity index (χ2v) is 4.96. The number of hydrogen-bond acceptors (Lipinski definition) is 2. The number of nitrogens with one attached hydrogen (secondary N) is 1. The van der Waals surface area contributed by atoms with E-state index in [4.69, 9.17) is 5.73 Å². The van der Waals surface area contributed by atoms with Crippen molar-refractivity contribution in [2.45, 2.75) is 33.0 Å². The van der Waals surface area contributed by atoms with E-state index >= 15 is 0 Å². The number of benzene rings is 1. The molecule has 20 heavy (non-hydrogen) atoms. The largest absolute Gasteiger partial charge is 0.370 e. The quantitative estimate of drug-likeness (QED) is 0.643. The number of imidazole rings is 1. The fraction of sp³-hybridized carbons (Fsp3) is 0.333. The molecule has 106 valence electrons. The zero-order valence-corrected chi connectivity index (χ0v) is 12.0. The molecular formula is C15H21N5. The Labute approximate surface area is 119 Å². The van der Waals surface area contributed by atoms with Crippen LogP contribution < -0.4 is 11.1 Å². The van der Waals surface area contributed by atoms with Crippen LogP contribution >= 0.6 is 0 Å². The predicted molar refractivity (Wildman–Crippen MR) is 81.4 cm³/mol.